The predicted molar refractivity (Wildman–Crippen MR) is 71.9 cm³/mol. The van der Waals surface area contributed by atoms with E-state index in [1.807, 2.05) is 0 Å². The Bertz CT molecular complexity index is 346. The fraction of sp³-hybridized carbons (Fsp3) is 0.857. The molecule has 2 rings (SSSR count). The van der Waals surface area contributed by atoms with Crippen LogP contribution in [0.3, 0.4) is 0 Å². The zero-order valence-electron chi connectivity index (χ0n) is 11.7. The van der Waals surface area contributed by atoms with Gasteiger partial charge in [0.1, 0.15) is 6.04 Å². The number of aliphatic carboxylic acids is 1. The van der Waals surface area contributed by atoms with Gasteiger partial charge in [-0.25, -0.2) is 4.79 Å². The molecule has 2 atom stereocenters. The summed E-state index contributed by atoms with van der Waals surface area (Å²) in [6, 6.07) is -0.110. The minimum absolute atomic E-state index is 0.00903. The Morgan fingerprint density at radius 3 is 2.63 bits per heavy atom. The molecule has 0 saturated carbocycles. The van der Waals surface area contributed by atoms with Gasteiger partial charge in [0.15, 0.2) is 0 Å². The first kappa shape index (κ1) is 14.3. The molecule has 5 nitrogen and oxygen atoms in total. The molecule has 2 fully saturated rings. The Hall–Kier alpha value is -1.10. The first-order valence-corrected chi connectivity index (χ1v) is 7.39. The molecule has 108 valence electrons. The van der Waals surface area contributed by atoms with Crippen molar-refractivity contribution < 1.29 is 14.7 Å². The van der Waals surface area contributed by atoms with E-state index in [0.29, 0.717) is 25.6 Å². The Morgan fingerprint density at radius 1 is 1.16 bits per heavy atom. The number of carboxylic acids is 1. The van der Waals surface area contributed by atoms with Crippen molar-refractivity contribution in [2.75, 3.05) is 19.6 Å². The van der Waals surface area contributed by atoms with Gasteiger partial charge >= 0.3 is 5.97 Å². The van der Waals surface area contributed by atoms with E-state index in [9.17, 15) is 9.59 Å². The van der Waals surface area contributed by atoms with Gasteiger partial charge in [0.2, 0.25) is 5.91 Å². The van der Waals surface area contributed by atoms with Crippen LogP contribution in [0, 0.1) is 0 Å². The van der Waals surface area contributed by atoms with E-state index in [-0.39, 0.29) is 5.91 Å². The average Bonchev–Trinajstić information content (AvgIpc) is 2.88. The van der Waals surface area contributed by atoms with Crippen LogP contribution in [0.15, 0.2) is 0 Å². The largest absolute Gasteiger partial charge is 0.480 e. The number of nitrogens with zero attached hydrogens (tertiary/aromatic N) is 2. The molecule has 0 bridgehead atoms. The molecule has 1 amide bonds. The lowest BCUT2D eigenvalue weighted by Gasteiger charge is -2.36. The topological polar surface area (TPSA) is 60.9 Å². The zero-order chi connectivity index (χ0) is 13.8. The molecule has 19 heavy (non-hydrogen) atoms. The molecule has 2 aliphatic rings. The maximum absolute atomic E-state index is 12.3. The first-order valence-electron chi connectivity index (χ1n) is 7.39. The van der Waals surface area contributed by atoms with Gasteiger partial charge in [0.05, 0.1) is 6.54 Å². The summed E-state index contributed by atoms with van der Waals surface area (Å²) in [6.07, 6.45) is 6.01. The SMILES string of the molecule is CCC1CCCCN1CC(=O)N1CCCC1C(=O)O. The monoisotopic (exact) mass is 268 g/mol. The maximum atomic E-state index is 12.3. The van der Waals surface area contributed by atoms with Gasteiger partial charge in [-0.3, -0.25) is 9.69 Å². The van der Waals surface area contributed by atoms with Crippen LogP contribution >= 0.6 is 0 Å². The number of piperidine rings is 1. The van der Waals surface area contributed by atoms with Gasteiger partial charge in [-0.05, 0) is 38.6 Å². The van der Waals surface area contributed by atoms with Crippen LogP contribution in [0.25, 0.3) is 0 Å². The van der Waals surface area contributed by atoms with Crippen molar-refractivity contribution in [2.45, 2.75) is 57.5 Å². The number of carboxylic acid groups (broad SMARTS) is 1. The van der Waals surface area contributed by atoms with E-state index in [1.165, 1.54) is 6.42 Å². The van der Waals surface area contributed by atoms with Gasteiger partial charge in [0.25, 0.3) is 0 Å². The molecule has 0 aliphatic carbocycles. The number of rotatable bonds is 4. The third-order valence-corrected chi connectivity index (χ3v) is 4.42. The number of carbonyl (C=O) groups is 2. The summed E-state index contributed by atoms with van der Waals surface area (Å²) >= 11 is 0. The summed E-state index contributed by atoms with van der Waals surface area (Å²) in [5.74, 6) is -0.873. The van der Waals surface area contributed by atoms with Gasteiger partial charge in [-0.1, -0.05) is 13.3 Å². The van der Waals surface area contributed by atoms with Crippen LogP contribution < -0.4 is 0 Å². The highest BCUT2D eigenvalue weighted by Crippen LogP contribution is 2.22. The quantitative estimate of drug-likeness (QED) is 0.835. The van der Waals surface area contributed by atoms with Crippen molar-refractivity contribution >= 4 is 11.9 Å². The van der Waals surface area contributed by atoms with Gasteiger partial charge in [-0.15, -0.1) is 0 Å². The van der Waals surface area contributed by atoms with Gasteiger partial charge in [-0.2, -0.15) is 0 Å². The Labute approximate surface area is 114 Å². The molecule has 0 aromatic carbocycles. The van der Waals surface area contributed by atoms with Crippen LogP contribution in [0.1, 0.15) is 45.4 Å². The molecule has 5 heteroatoms. The average molecular weight is 268 g/mol. The van der Waals surface area contributed by atoms with Crippen molar-refractivity contribution in [1.29, 1.82) is 0 Å². The fourth-order valence-corrected chi connectivity index (χ4v) is 3.32. The summed E-state index contributed by atoms with van der Waals surface area (Å²) in [6.45, 7) is 4.11. The molecular weight excluding hydrogens is 244 g/mol. The molecule has 2 unspecified atom stereocenters. The first-order chi connectivity index (χ1) is 9.13. The maximum Gasteiger partial charge on any atom is 0.326 e. The predicted octanol–water partition coefficient (Wildman–Crippen LogP) is 1.33. The molecule has 2 heterocycles. The number of hydrogen-bond donors (Lipinski definition) is 1. The molecule has 0 spiro atoms. The normalized spacial score (nSPS) is 28.6. The van der Waals surface area contributed by atoms with E-state index < -0.39 is 12.0 Å². The van der Waals surface area contributed by atoms with Crippen LogP contribution in [0.2, 0.25) is 0 Å². The van der Waals surface area contributed by atoms with Crippen LogP contribution in [0.4, 0.5) is 0 Å². The third kappa shape index (κ3) is 3.26. The minimum atomic E-state index is -0.864. The molecule has 0 aromatic heterocycles. The highest BCUT2D eigenvalue weighted by molar-refractivity contribution is 5.85. The van der Waals surface area contributed by atoms with Crippen molar-refractivity contribution in [3.05, 3.63) is 0 Å². The molecule has 2 saturated heterocycles. The number of likely N-dealkylation sites (tertiary alicyclic amines) is 2. The molecule has 2 aliphatic heterocycles. The summed E-state index contributed by atoms with van der Waals surface area (Å²) in [4.78, 5) is 27.2. The number of hydrogen-bond acceptors (Lipinski definition) is 3. The third-order valence-electron chi connectivity index (χ3n) is 4.42. The second-order valence-corrected chi connectivity index (χ2v) is 5.61. The second kappa shape index (κ2) is 6.37. The number of amides is 1. The molecule has 0 aromatic rings. The highest BCUT2D eigenvalue weighted by Gasteiger charge is 2.35. The summed E-state index contributed by atoms with van der Waals surface area (Å²) in [5, 5.41) is 9.13. The van der Waals surface area contributed by atoms with Crippen molar-refractivity contribution in [1.82, 2.24) is 9.80 Å². The lowest BCUT2D eigenvalue weighted by molar-refractivity contribution is -0.149. The summed E-state index contributed by atoms with van der Waals surface area (Å²) < 4.78 is 0. The highest BCUT2D eigenvalue weighted by atomic mass is 16.4. The fourth-order valence-electron chi connectivity index (χ4n) is 3.32. The van der Waals surface area contributed by atoms with Crippen molar-refractivity contribution in [3.63, 3.8) is 0 Å². The molecule has 0 radical (unpaired) electrons. The van der Waals surface area contributed by atoms with E-state index >= 15 is 0 Å². The minimum Gasteiger partial charge on any atom is -0.480 e. The lowest BCUT2D eigenvalue weighted by Crippen LogP contribution is -2.49. The van der Waals surface area contributed by atoms with Crippen LogP contribution in [-0.2, 0) is 9.59 Å². The Balaban J connectivity index is 1.94. The number of carbonyl (C=O) groups excluding carboxylic acids is 1. The van der Waals surface area contributed by atoms with Gasteiger partial charge in [0, 0.05) is 12.6 Å². The van der Waals surface area contributed by atoms with Crippen LogP contribution in [0.5, 0.6) is 0 Å². The van der Waals surface area contributed by atoms with E-state index in [0.717, 1.165) is 32.2 Å². The van der Waals surface area contributed by atoms with Crippen molar-refractivity contribution in [3.8, 4) is 0 Å². The molecular formula is C14H24N2O3. The van der Waals surface area contributed by atoms with Crippen molar-refractivity contribution in [2.24, 2.45) is 0 Å². The van der Waals surface area contributed by atoms with E-state index in [1.54, 1.807) is 4.90 Å². The standard InChI is InChI=1S/C14H24N2O3/c1-2-11-6-3-4-8-15(11)10-13(17)16-9-5-7-12(16)14(18)19/h11-12H,2-10H2,1H3,(H,18,19). The van der Waals surface area contributed by atoms with Gasteiger partial charge < -0.3 is 10.0 Å². The van der Waals surface area contributed by atoms with E-state index in [4.69, 9.17) is 5.11 Å². The summed E-state index contributed by atoms with van der Waals surface area (Å²) in [5.41, 5.74) is 0. The van der Waals surface area contributed by atoms with E-state index in [2.05, 4.69) is 11.8 Å². The second-order valence-electron chi connectivity index (χ2n) is 5.61. The smallest absolute Gasteiger partial charge is 0.326 e. The zero-order valence-corrected chi connectivity index (χ0v) is 11.7. The molecule has 1 N–H and O–H groups in total. The summed E-state index contributed by atoms with van der Waals surface area (Å²) in [7, 11) is 0. The van der Waals surface area contributed by atoms with Crippen LogP contribution in [-0.4, -0.2) is 58.5 Å². The Morgan fingerprint density at radius 2 is 1.95 bits per heavy atom. The lowest BCUT2D eigenvalue weighted by atomic mass is 10.00. The Kier molecular flexibility index (Phi) is 4.80.